The Bertz CT molecular complexity index is 698. The van der Waals surface area contributed by atoms with Gasteiger partial charge in [-0.2, -0.15) is 0 Å². The number of nitrogens with one attached hydrogen (secondary N) is 1. The Kier molecular flexibility index (Phi) is 5.57. The van der Waals surface area contributed by atoms with E-state index in [1.165, 1.54) is 0 Å². The van der Waals surface area contributed by atoms with Gasteiger partial charge in [0.2, 0.25) is 0 Å². The lowest BCUT2D eigenvalue weighted by molar-refractivity contribution is -0.143. The summed E-state index contributed by atoms with van der Waals surface area (Å²) in [7, 11) is 0. The van der Waals surface area contributed by atoms with Crippen molar-refractivity contribution in [2.45, 2.75) is 26.3 Å². The number of benzene rings is 2. The summed E-state index contributed by atoms with van der Waals surface area (Å²) in [5.74, 6) is -1.03. The predicted octanol–water partition coefficient (Wildman–Crippen LogP) is 2.83. The van der Waals surface area contributed by atoms with Crippen molar-refractivity contribution in [2.24, 2.45) is 5.92 Å². The molecule has 5 heteroatoms. The van der Waals surface area contributed by atoms with E-state index in [0.717, 1.165) is 10.8 Å². The Labute approximate surface area is 135 Å². The summed E-state index contributed by atoms with van der Waals surface area (Å²) in [5, 5.41) is 13.8. The molecule has 5 nitrogen and oxygen atoms in total. The number of carbonyl (C=O) groups excluding carboxylic acids is 1. The zero-order valence-electron chi connectivity index (χ0n) is 13.3. The van der Waals surface area contributed by atoms with E-state index in [2.05, 4.69) is 5.32 Å². The molecule has 0 saturated carbocycles. The van der Waals surface area contributed by atoms with Crippen LogP contribution >= 0.6 is 0 Å². The third kappa shape index (κ3) is 4.45. The first kappa shape index (κ1) is 16.8. The van der Waals surface area contributed by atoms with E-state index in [4.69, 9.17) is 4.74 Å². The Morgan fingerprint density at radius 1 is 1.17 bits per heavy atom. The summed E-state index contributed by atoms with van der Waals surface area (Å²) in [4.78, 5) is 23.1. The van der Waals surface area contributed by atoms with Gasteiger partial charge in [0.1, 0.15) is 11.8 Å². The van der Waals surface area contributed by atoms with Crippen molar-refractivity contribution in [3.63, 3.8) is 0 Å². The van der Waals surface area contributed by atoms with Crippen molar-refractivity contribution in [3.05, 3.63) is 42.5 Å². The number of aliphatic carboxylic acids is 1. The van der Waals surface area contributed by atoms with Gasteiger partial charge in [-0.15, -0.1) is 0 Å². The lowest BCUT2D eigenvalue weighted by atomic mass is 9.99. The highest BCUT2D eigenvalue weighted by molar-refractivity contribution is 5.85. The van der Waals surface area contributed by atoms with Crippen LogP contribution in [-0.4, -0.2) is 29.6 Å². The Morgan fingerprint density at radius 2 is 1.87 bits per heavy atom. The standard InChI is InChI=1S/C18H21NO4/c1-3-12(2)17(18(21)22)19-16(20)11-23-15-9-8-13-6-4-5-7-14(13)10-15/h4-10,12,17H,3,11H2,1-2H3,(H,19,20)(H,21,22)/t12-,17-/m0/s1. The molecule has 0 heterocycles. The minimum Gasteiger partial charge on any atom is -0.484 e. The largest absolute Gasteiger partial charge is 0.484 e. The molecule has 2 aromatic carbocycles. The molecule has 122 valence electrons. The molecule has 0 fully saturated rings. The number of carbonyl (C=O) groups is 2. The van der Waals surface area contributed by atoms with Gasteiger partial charge in [-0.25, -0.2) is 4.79 Å². The smallest absolute Gasteiger partial charge is 0.326 e. The molecule has 0 aromatic heterocycles. The van der Waals surface area contributed by atoms with Crippen molar-refractivity contribution >= 4 is 22.6 Å². The van der Waals surface area contributed by atoms with E-state index in [9.17, 15) is 14.7 Å². The fourth-order valence-electron chi connectivity index (χ4n) is 2.30. The lowest BCUT2D eigenvalue weighted by Crippen LogP contribution is -2.46. The maximum Gasteiger partial charge on any atom is 0.326 e. The van der Waals surface area contributed by atoms with Gasteiger partial charge in [0, 0.05) is 0 Å². The second-order valence-corrected chi connectivity index (χ2v) is 5.57. The summed E-state index contributed by atoms with van der Waals surface area (Å²) >= 11 is 0. The maximum absolute atomic E-state index is 11.9. The van der Waals surface area contributed by atoms with E-state index in [1.807, 2.05) is 43.3 Å². The van der Waals surface area contributed by atoms with Crippen LogP contribution in [0.25, 0.3) is 10.8 Å². The monoisotopic (exact) mass is 315 g/mol. The Balaban J connectivity index is 1.95. The lowest BCUT2D eigenvalue weighted by Gasteiger charge is -2.20. The zero-order chi connectivity index (χ0) is 16.8. The minimum absolute atomic E-state index is 0.142. The molecule has 0 unspecified atom stereocenters. The molecule has 0 saturated heterocycles. The Hall–Kier alpha value is -2.56. The fourth-order valence-corrected chi connectivity index (χ4v) is 2.30. The molecule has 0 bridgehead atoms. The van der Waals surface area contributed by atoms with Crippen LogP contribution < -0.4 is 10.1 Å². The SMILES string of the molecule is CC[C@H](C)[C@H](NC(=O)COc1ccc2ccccc2c1)C(=O)O. The van der Waals surface area contributed by atoms with E-state index in [-0.39, 0.29) is 12.5 Å². The average Bonchev–Trinajstić information content (AvgIpc) is 2.56. The van der Waals surface area contributed by atoms with Crippen LogP contribution in [0.2, 0.25) is 0 Å². The van der Waals surface area contributed by atoms with E-state index in [1.54, 1.807) is 13.0 Å². The molecular formula is C18H21NO4. The van der Waals surface area contributed by atoms with Gasteiger partial charge in [-0.05, 0) is 28.8 Å². The van der Waals surface area contributed by atoms with Gasteiger partial charge in [0.05, 0.1) is 0 Å². The van der Waals surface area contributed by atoms with Crippen LogP contribution in [0.15, 0.2) is 42.5 Å². The summed E-state index contributed by atoms with van der Waals surface area (Å²) in [6.07, 6.45) is 0.669. The molecule has 0 aliphatic heterocycles. The van der Waals surface area contributed by atoms with Gasteiger partial charge in [-0.1, -0.05) is 50.6 Å². The van der Waals surface area contributed by atoms with Gasteiger partial charge in [0.15, 0.2) is 6.61 Å². The summed E-state index contributed by atoms with van der Waals surface area (Å²) in [6, 6.07) is 12.5. The van der Waals surface area contributed by atoms with Crippen molar-refractivity contribution in [3.8, 4) is 5.75 Å². The van der Waals surface area contributed by atoms with Crippen LogP contribution in [0.3, 0.4) is 0 Å². The number of hydrogen-bond donors (Lipinski definition) is 2. The Morgan fingerprint density at radius 3 is 2.52 bits per heavy atom. The van der Waals surface area contributed by atoms with Crippen LogP contribution in [0.4, 0.5) is 0 Å². The third-order valence-electron chi connectivity index (χ3n) is 3.89. The number of fused-ring (bicyclic) bond motifs is 1. The molecule has 2 atom stereocenters. The molecule has 2 rings (SSSR count). The van der Waals surface area contributed by atoms with Crippen molar-refractivity contribution < 1.29 is 19.4 Å². The van der Waals surface area contributed by atoms with Crippen LogP contribution in [0.1, 0.15) is 20.3 Å². The molecule has 0 aliphatic rings. The maximum atomic E-state index is 11.9. The fraction of sp³-hybridized carbons (Fsp3) is 0.333. The second kappa shape index (κ2) is 7.63. The molecule has 2 N–H and O–H groups in total. The number of rotatable bonds is 7. The van der Waals surface area contributed by atoms with Gasteiger partial charge < -0.3 is 15.2 Å². The average molecular weight is 315 g/mol. The summed E-state index contributed by atoms with van der Waals surface area (Å²) in [5.41, 5.74) is 0. The molecule has 23 heavy (non-hydrogen) atoms. The summed E-state index contributed by atoms with van der Waals surface area (Å²) < 4.78 is 5.46. The van der Waals surface area contributed by atoms with E-state index < -0.39 is 17.9 Å². The van der Waals surface area contributed by atoms with Crippen molar-refractivity contribution in [2.75, 3.05) is 6.61 Å². The molecular weight excluding hydrogens is 294 g/mol. The van der Waals surface area contributed by atoms with Crippen LogP contribution in [0.5, 0.6) is 5.75 Å². The molecule has 0 radical (unpaired) electrons. The molecule has 0 spiro atoms. The third-order valence-corrected chi connectivity index (χ3v) is 3.89. The van der Waals surface area contributed by atoms with Gasteiger partial charge >= 0.3 is 5.97 Å². The van der Waals surface area contributed by atoms with Crippen molar-refractivity contribution in [1.82, 2.24) is 5.32 Å². The van der Waals surface area contributed by atoms with Crippen LogP contribution in [-0.2, 0) is 9.59 Å². The highest BCUT2D eigenvalue weighted by Crippen LogP contribution is 2.20. The summed E-state index contributed by atoms with van der Waals surface area (Å²) in [6.45, 7) is 3.47. The molecule has 1 amide bonds. The second-order valence-electron chi connectivity index (χ2n) is 5.57. The van der Waals surface area contributed by atoms with Crippen molar-refractivity contribution in [1.29, 1.82) is 0 Å². The first-order valence-corrected chi connectivity index (χ1v) is 7.65. The number of hydrogen-bond acceptors (Lipinski definition) is 3. The number of amides is 1. The number of carboxylic acid groups (broad SMARTS) is 1. The van der Waals surface area contributed by atoms with Crippen LogP contribution in [0, 0.1) is 5.92 Å². The molecule has 2 aromatic rings. The number of carboxylic acids is 1. The van der Waals surface area contributed by atoms with E-state index in [0.29, 0.717) is 12.2 Å². The first-order valence-electron chi connectivity index (χ1n) is 7.65. The zero-order valence-corrected chi connectivity index (χ0v) is 13.3. The quantitative estimate of drug-likeness (QED) is 0.824. The van der Waals surface area contributed by atoms with Gasteiger partial charge in [-0.3, -0.25) is 4.79 Å². The minimum atomic E-state index is -1.03. The highest BCUT2D eigenvalue weighted by atomic mass is 16.5. The number of ether oxygens (including phenoxy) is 1. The first-order chi connectivity index (χ1) is 11.0. The normalized spacial score (nSPS) is 13.3. The van der Waals surface area contributed by atoms with Gasteiger partial charge in [0.25, 0.3) is 5.91 Å². The predicted molar refractivity (Wildman–Crippen MR) is 88.5 cm³/mol. The highest BCUT2D eigenvalue weighted by Gasteiger charge is 2.25. The topological polar surface area (TPSA) is 75.6 Å². The van der Waals surface area contributed by atoms with E-state index >= 15 is 0 Å². The molecule has 0 aliphatic carbocycles.